The Kier molecular flexibility index (Phi) is 8.04. The van der Waals surface area contributed by atoms with Crippen molar-refractivity contribution < 1.29 is 9.53 Å². The van der Waals surface area contributed by atoms with Crippen molar-refractivity contribution >= 4 is 11.9 Å². The zero-order chi connectivity index (χ0) is 23.6. The van der Waals surface area contributed by atoms with Gasteiger partial charge in [0.1, 0.15) is 12.4 Å². The molecule has 1 N–H and O–H groups in total. The first kappa shape index (κ1) is 23.2. The lowest BCUT2D eigenvalue weighted by molar-refractivity contribution is 0.0951. The van der Waals surface area contributed by atoms with Gasteiger partial charge in [0, 0.05) is 56.2 Å². The molecule has 0 saturated carbocycles. The average Bonchev–Trinajstić information content (AvgIpc) is 2.91. The molecule has 174 valence electrons. The molecule has 1 aliphatic heterocycles. The number of rotatable bonds is 9. The molecule has 1 saturated heterocycles. The molecule has 0 radical (unpaired) electrons. The molecule has 2 heterocycles. The van der Waals surface area contributed by atoms with Gasteiger partial charge in [-0.05, 0) is 43.3 Å². The largest absolute Gasteiger partial charge is 0.489 e. The number of benzene rings is 2. The van der Waals surface area contributed by atoms with Gasteiger partial charge in [0.15, 0.2) is 0 Å². The van der Waals surface area contributed by atoms with Crippen LogP contribution in [0.3, 0.4) is 0 Å². The third-order valence-corrected chi connectivity index (χ3v) is 5.77. The van der Waals surface area contributed by atoms with E-state index in [2.05, 4.69) is 31.2 Å². The van der Waals surface area contributed by atoms with Crippen LogP contribution < -0.4 is 15.0 Å². The summed E-state index contributed by atoms with van der Waals surface area (Å²) in [5, 5.41) is 12.2. The maximum absolute atomic E-state index is 12.6. The van der Waals surface area contributed by atoms with Crippen LogP contribution in [0, 0.1) is 11.3 Å². The Bertz CT molecular complexity index is 1120. The van der Waals surface area contributed by atoms with E-state index >= 15 is 0 Å². The molecule has 8 nitrogen and oxygen atoms in total. The van der Waals surface area contributed by atoms with Crippen LogP contribution >= 0.6 is 0 Å². The fourth-order valence-corrected chi connectivity index (χ4v) is 3.88. The number of amides is 1. The zero-order valence-corrected chi connectivity index (χ0v) is 19.1. The molecule has 1 amide bonds. The lowest BCUT2D eigenvalue weighted by Gasteiger charge is -2.34. The van der Waals surface area contributed by atoms with Crippen molar-refractivity contribution in [1.82, 2.24) is 20.2 Å². The highest BCUT2D eigenvalue weighted by molar-refractivity contribution is 5.94. The first-order valence-electron chi connectivity index (χ1n) is 11.5. The van der Waals surface area contributed by atoms with Crippen molar-refractivity contribution in [2.24, 2.45) is 0 Å². The molecular formula is C26H28N6O2. The number of carbonyl (C=O) groups excluding carboxylic acids is 1. The number of nitriles is 1. The molecule has 4 rings (SSSR count). The van der Waals surface area contributed by atoms with Crippen LogP contribution in [0.4, 0.5) is 5.95 Å². The van der Waals surface area contributed by atoms with E-state index in [1.54, 1.807) is 36.7 Å². The number of hydrogen-bond donors (Lipinski definition) is 1. The second-order valence-corrected chi connectivity index (χ2v) is 8.07. The summed E-state index contributed by atoms with van der Waals surface area (Å²) in [5.41, 5.74) is 1.96. The van der Waals surface area contributed by atoms with Crippen molar-refractivity contribution in [2.75, 3.05) is 44.2 Å². The van der Waals surface area contributed by atoms with Crippen LogP contribution in [-0.2, 0) is 6.61 Å². The van der Waals surface area contributed by atoms with Gasteiger partial charge in [-0.2, -0.15) is 5.26 Å². The van der Waals surface area contributed by atoms with Gasteiger partial charge in [-0.15, -0.1) is 0 Å². The molecule has 0 aliphatic carbocycles. The maximum Gasteiger partial charge on any atom is 0.251 e. The Morgan fingerprint density at radius 1 is 1.03 bits per heavy atom. The van der Waals surface area contributed by atoms with E-state index in [1.807, 2.05) is 30.3 Å². The number of hydrogen-bond acceptors (Lipinski definition) is 7. The Morgan fingerprint density at radius 3 is 2.62 bits per heavy atom. The second kappa shape index (κ2) is 11.8. The molecule has 34 heavy (non-hydrogen) atoms. The van der Waals surface area contributed by atoms with Gasteiger partial charge in [0.2, 0.25) is 5.95 Å². The second-order valence-electron chi connectivity index (χ2n) is 8.07. The Hall–Kier alpha value is -3.96. The van der Waals surface area contributed by atoms with Gasteiger partial charge in [-0.1, -0.05) is 24.3 Å². The molecule has 1 fully saturated rings. The summed E-state index contributed by atoms with van der Waals surface area (Å²) in [6.45, 7) is 5.55. The van der Waals surface area contributed by atoms with E-state index in [1.165, 1.54) is 0 Å². The van der Waals surface area contributed by atoms with Crippen LogP contribution in [0.2, 0.25) is 0 Å². The van der Waals surface area contributed by atoms with E-state index in [-0.39, 0.29) is 12.5 Å². The van der Waals surface area contributed by atoms with Crippen molar-refractivity contribution in [3.05, 3.63) is 83.7 Å². The highest BCUT2D eigenvalue weighted by atomic mass is 16.5. The average molecular weight is 457 g/mol. The summed E-state index contributed by atoms with van der Waals surface area (Å²) in [7, 11) is 0. The van der Waals surface area contributed by atoms with Crippen molar-refractivity contribution in [2.45, 2.75) is 13.0 Å². The Morgan fingerprint density at radius 2 is 1.82 bits per heavy atom. The number of ether oxygens (including phenoxy) is 1. The van der Waals surface area contributed by atoms with Crippen molar-refractivity contribution in [3.63, 3.8) is 0 Å². The van der Waals surface area contributed by atoms with Gasteiger partial charge in [0.25, 0.3) is 5.91 Å². The molecule has 3 aromatic rings. The molecule has 2 aromatic carbocycles. The van der Waals surface area contributed by atoms with Gasteiger partial charge in [0.05, 0.1) is 11.6 Å². The van der Waals surface area contributed by atoms with Gasteiger partial charge in [-0.25, -0.2) is 9.97 Å². The van der Waals surface area contributed by atoms with E-state index in [0.29, 0.717) is 23.4 Å². The summed E-state index contributed by atoms with van der Waals surface area (Å²) in [4.78, 5) is 25.8. The van der Waals surface area contributed by atoms with E-state index < -0.39 is 0 Å². The number of nitrogens with zero attached hydrogens (tertiary/aromatic N) is 5. The number of anilines is 1. The van der Waals surface area contributed by atoms with Gasteiger partial charge < -0.3 is 15.0 Å². The molecule has 1 aliphatic rings. The summed E-state index contributed by atoms with van der Waals surface area (Å²) in [6, 6.07) is 18.4. The summed E-state index contributed by atoms with van der Waals surface area (Å²) in [6.07, 6.45) is 4.43. The van der Waals surface area contributed by atoms with Gasteiger partial charge in [-0.3, -0.25) is 9.69 Å². The van der Waals surface area contributed by atoms with Crippen LogP contribution in [0.25, 0.3) is 0 Å². The van der Waals surface area contributed by atoms with E-state index in [0.717, 1.165) is 50.7 Å². The van der Waals surface area contributed by atoms with Crippen LogP contribution in [0.5, 0.6) is 5.75 Å². The Labute approximate surface area is 199 Å². The predicted molar refractivity (Wildman–Crippen MR) is 130 cm³/mol. The first-order valence-corrected chi connectivity index (χ1v) is 11.5. The SMILES string of the molecule is N#Cc1ccccc1COc1cccc(C(=O)NCCCN2CCN(c3ncccn3)CC2)c1. The monoisotopic (exact) mass is 456 g/mol. The minimum absolute atomic E-state index is 0.117. The lowest BCUT2D eigenvalue weighted by Crippen LogP contribution is -2.47. The first-order chi connectivity index (χ1) is 16.7. The van der Waals surface area contributed by atoms with Crippen molar-refractivity contribution in [1.29, 1.82) is 5.26 Å². The molecule has 1 aromatic heterocycles. The lowest BCUT2D eigenvalue weighted by atomic mass is 10.1. The van der Waals surface area contributed by atoms with E-state index in [9.17, 15) is 10.1 Å². The van der Waals surface area contributed by atoms with E-state index in [4.69, 9.17) is 4.74 Å². The standard InChI is InChI=1S/C26H28N6O2/c27-19-22-6-1-2-7-23(22)20-34-24-9-3-8-21(18-24)25(33)28-12-5-13-31-14-16-32(17-15-31)26-29-10-4-11-30-26/h1-4,6-11,18H,5,12-17,20H2,(H,28,33). The molecule has 0 spiro atoms. The topological polar surface area (TPSA) is 94.4 Å². The van der Waals surface area contributed by atoms with Crippen LogP contribution in [0.1, 0.15) is 27.9 Å². The highest BCUT2D eigenvalue weighted by Crippen LogP contribution is 2.17. The zero-order valence-electron chi connectivity index (χ0n) is 19.1. The molecular weight excluding hydrogens is 428 g/mol. The molecule has 8 heteroatoms. The van der Waals surface area contributed by atoms with Crippen LogP contribution in [0.15, 0.2) is 67.0 Å². The minimum atomic E-state index is -0.117. The number of piperazine rings is 1. The molecule has 0 atom stereocenters. The van der Waals surface area contributed by atoms with Crippen molar-refractivity contribution in [3.8, 4) is 11.8 Å². The highest BCUT2D eigenvalue weighted by Gasteiger charge is 2.18. The number of nitrogens with one attached hydrogen (secondary N) is 1. The summed E-state index contributed by atoms with van der Waals surface area (Å²) < 4.78 is 5.82. The number of aromatic nitrogens is 2. The fourth-order valence-electron chi connectivity index (χ4n) is 3.88. The Balaban J connectivity index is 1.18. The summed E-state index contributed by atoms with van der Waals surface area (Å²) in [5.74, 6) is 1.27. The predicted octanol–water partition coefficient (Wildman–Crippen LogP) is 2.87. The third-order valence-electron chi connectivity index (χ3n) is 5.77. The minimum Gasteiger partial charge on any atom is -0.489 e. The fraction of sp³-hybridized carbons (Fsp3) is 0.308. The van der Waals surface area contributed by atoms with Gasteiger partial charge >= 0.3 is 0 Å². The third kappa shape index (κ3) is 6.30. The smallest absolute Gasteiger partial charge is 0.251 e. The quantitative estimate of drug-likeness (QED) is 0.495. The normalized spacial score (nSPS) is 13.8. The molecule has 0 bridgehead atoms. The number of carbonyl (C=O) groups is 1. The summed E-state index contributed by atoms with van der Waals surface area (Å²) >= 11 is 0. The molecule has 0 unspecified atom stereocenters. The van der Waals surface area contributed by atoms with Crippen LogP contribution in [-0.4, -0.2) is 60.0 Å². The maximum atomic E-state index is 12.6.